The topological polar surface area (TPSA) is 64.3 Å². The third-order valence-electron chi connectivity index (χ3n) is 2.30. The van der Waals surface area contributed by atoms with E-state index in [1.165, 1.54) is 0 Å². The zero-order valence-electron chi connectivity index (χ0n) is 10.3. The molecule has 0 atom stereocenters. The normalized spacial score (nSPS) is 11.2. The van der Waals surface area contributed by atoms with E-state index in [1.54, 1.807) is 31.2 Å². The van der Waals surface area contributed by atoms with Crippen molar-refractivity contribution in [1.29, 1.82) is 0 Å². The van der Waals surface area contributed by atoms with Crippen molar-refractivity contribution in [3.63, 3.8) is 0 Å². The first kappa shape index (κ1) is 14.2. The zero-order chi connectivity index (χ0) is 13.4. The number of halogens is 1. The molecule has 4 nitrogen and oxygen atoms in total. The monoisotopic (exact) mass is 252 g/mol. The summed E-state index contributed by atoms with van der Waals surface area (Å²) in [5.41, 5.74) is 6.40. The van der Waals surface area contributed by atoms with Crippen LogP contribution in [0, 0.1) is 0 Å². The molecule has 0 bridgehead atoms. The number of benzene rings is 1. The molecule has 5 heteroatoms. The molecule has 3 N–H and O–H groups in total. The number of anilines is 1. The second-order valence-electron chi connectivity index (χ2n) is 3.69. The highest BCUT2D eigenvalue weighted by Crippen LogP contribution is 2.16. The van der Waals surface area contributed by atoms with Crippen LogP contribution in [0.25, 0.3) is 0 Å². The summed E-state index contributed by atoms with van der Waals surface area (Å²) >= 11 is 0. The Morgan fingerprint density at radius 2 is 2.11 bits per heavy atom. The third-order valence-corrected chi connectivity index (χ3v) is 2.30. The molecule has 1 amide bonds. The van der Waals surface area contributed by atoms with Gasteiger partial charge in [-0.2, -0.15) is 0 Å². The van der Waals surface area contributed by atoms with E-state index in [9.17, 15) is 9.18 Å². The lowest BCUT2D eigenvalue weighted by molar-refractivity contribution is -0.115. The molecule has 0 aliphatic heterocycles. The third kappa shape index (κ3) is 4.55. The van der Waals surface area contributed by atoms with Crippen LogP contribution in [0.3, 0.4) is 0 Å². The summed E-state index contributed by atoms with van der Waals surface area (Å²) in [6, 6.07) is 6.86. The van der Waals surface area contributed by atoms with Crippen molar-refractivity contribution in [3.8, 4) is 5.75 Å². The predicted molar refractivity (Wildman–Crippen MR) is 69.1 cm³/mol. The molecule has 0 saturated carbocycles. The van der Waals surface area contributed by atoms with Gasteiger partial charge >= 0.3 is 0 Å². The minimum absolute atomic E-state index is 0.0468. The van der Waals surface area contributed by atoms with Gasteiger partial charge in [0.25, 0.3) is 0 Å². The molecule has 0 aliphatic rings. The van der Waals surface area contributed by atoms with Crippen molar-refractivity contribution in [2.24, 2.45) is 5.73 Å². The first-order valence-electron chi connectivity index (χ1n) is 5.70. The molecule has 18 heavy (non-hydrogen) atoms. The Balaban J connectivity index is 2.52. The standard InChI is InChI=1S/C13H17FN2O2/c1-2-13(17)16-11-3-5-12(6-4-11)18-9-10(7-14)8-15/h3-7H,2,8-9,15H2,1H3,(H,16,17). The molecular formula is C13H17FN2O2. The van der Waals surface area contributed by atoms with E-state index >= 15 is 0 Å². The summed E-state index contributed by atoms with van der Waals surface area (Å²) in [5.74, 6) is 0.548. The molecule has 0 aliphatic carbocycles. The zero-order valence-corrected chi connectivity index (χ0v) is 10.3. The Hall–Kier alpha value is -1.88. The Kier molecular flexibility index (Phi) is 5.87. The van der Waals surface area contributed by atoms with Gasteiger partial charge in [-0.3, -0.25) is 4.79 Å². The maximum atomic E-state index is 12.2. The first-order chi connectivity index (χ1) is 8.69. The lowest BCUT2D eigenvalue weighted by atomic mass is 10.3. The smallest absolute Gasteiger partial charge is 0.224 e. The fourth-order valence-electron chi connectivity index (χ4n) is 1.19. The van der Waals surface area contributed by atoms with Crippen LogP contribution in [0.15, 0.2) is 36.2 Å². The van der Waals surface area contributed by atoms with Crippen LogP contribution in [0.2, 0.25) is 0 Å². The Bertz CT molecular complexity index is 416. The van der Waals surface area contributed by atoms with Gasteiger partial charge in [-0.15, -0.1) is 0 Å². The van der Waals surface area contributed by atoms with Crippen molar-refractivity contribution in [2.45, 2.75) is 13.3 Å². The van der Waals surface area contributed by atoms with E-state index in [2.05, 4.69) is 5.32 Å². The van der Waals surface area contributed by atoms with E-state index in [0.29, 0.717) is 29.8 Å². The van der Waals surface area contributed by atoms with Gasteiger partial charge in [0, 0.05) is 24.2 Å². The molecule has 0 fully saturated rings. The number of carbonyl (C=O) groups excluding carboxylic acids is 1. The van der Waals surface area contributed by atoms with Crippen molar-refractivity contribution in [1.82, 2.24) is 0 Å². The van der Waals surface area contributed by atoms with Crippen LogP contribution in [0.1, 0.15) is 13.3 Å². The molecule has 0 saturated heterocycles. The average Bonchev–Trinajstić information content (AvgIpc) is 2.41. The molecule has 1 aromatic carbocycles. The molecule has 0 aromatic heterocycles. The van der Waals surface area contributed by atoms with E-state index in [-0.39, 0.29) is 19.1 Å². The highest BCUT2D eigenvalue weighted by Gasteiger charge is 2.00. The van der Waals surface area contributed by atoms with Gasteiger partial charge in [-0.1, -0.05) is 6.92 Å². The SMILES string of the molecule is CCC(=O)Nc1ccc(OCC(=CF)CN)cc1. The molecule has 0 unspecified atom stereocenters. The predicted octanol–water partition coefficient (Wildman–Crippen LogP) is 2.23. The van der Waals surface area contributed by atoms with Crippen molar-refractivity contribution in [2.75, 3.05) is 18.5 Å². The fraction of sp³-hybridized carbons (Fsp3) is 0.308. The van der Waals surface area contributed by atoms with Crippen LogP contribution in [-0.4, -0.2) is 19.1 Å². The summed E-state index contributed by atoms with van der Waals surface area (Å²) < 4.78 is 17.6. The molecule has 98 valence electrons. The van der Waals surface area contributed by atoms with Crippen molar-refractivity contribution >= 4 is 11.6 Å². The molecular weight excluding hydrogens is 235 g/mol. The van der Waals surface area contributed by atoms with Gasteiger partial charge in [0.2, 0.25) is 5.91 Å². The lowest BCUT2D eigenvalue weighted by Crippen LogP contribution is -2.11. The van der Waals surface area contributed by atoms with Gasteiger partial charge in [-0.05, 0) is 24.3 Å². The largest absolute Gasteiger partial charge is 0.489 e. The maximum absolute atomic E-state index is 12.2. The van der Waals surface area contributed by atoms with E-state index in [0.717, 1.165) is 0 Å². The fourth-order valence-corrected chi connectivity index (χ4v) is 1.19. The molecule has 0 heterocycles. The number of amides is 1. The van der Waals surface area contributed by atoms with Crippen LogP contribution < -0.4 is 15.8 Å². The number of ether oxygens (including phenoxy) is 1. The summed E-state index contributed by atoms with van der Waals surface area (Å²) in [4.78, 5) is 11.2. The van der Waals surface area contributed by atoms with Gasteiger partial charge in [0.15, 0.2) is 0 Å². The number of hydrogen-bond donors (Lipinski definition) is 2. The summed E-state index contributed by atoms with van der Waals surface area (Å²) in [7, 11) is 0. The Morgan fingerprint density at radius 3 is 2.61 bits per heavy atom. The minimum Gasteiger partial charge on any atom is -0.489 e. The van der Waals surface area contributed by atoms with E-state index in [4.69, 9.17) is 10.5 Å². The van der Waals surface area contributed by atoms with Gasteiger partial charge < -0.3 is 15.8 Å². The van der Waals surface area contributed by atoms with Crippen LogP contribution in [-0.2, 0) is 4.79 Å². The average molecular weight is 252 g/mol. The number of carbonyl (C=O) groups is 1. The highest BCUT2D eigenvalue weighted by atomic mass is 19.1. The molecule has 1 aromatic rings. The second-order valence-corrected chi connectivity index (χ2v) is 3.69. The van der Waals surface area contributed by atoms with Crippen LogP contribution in [0.4, 0.5) is 10.1 Å². The Morgan fingerprint density at radius 1 is 1.44 bits per heavy atom. The van der Waals surface area contributed by atoms with Gasteiger partial charge in [-0.25, -0.2) is 4.39 Å². The summed E-state index contributed by atoms with van der Waals surface area (Å²) in [6.07, 6.45) is 0.884. The number of hydrogen-bond acceptors (Lipinski definition) is 3. The summed E-state index contributed by atoms with van der Waals surface area (Å²) in [5, 5.41) is 2.72. The number of rotatable bonds is 6. The van der Waals surface area contributed by atoms with Crippen molar-refractivity contribution in [3.05, 3.63) is 36.2 Å². The first-order valence-corrected chi connectivity index (χ1v) is 5.70. The van der Waals surface area contributed by atoms with Gasteiger partial charge in [0.1, 0.15) is 12.4 Å². The van der Waals surface area contributed by atoms with Crippen LogP contribution in [0.5, 0.6) is 5.75 Å². The Labute approximate surface area is 106 Å². The lowest BCUT2D eigenvalue weighted by Gasteiger charge is -2.08. The second kappa shape index (κ2) is 7.45. The minimum atomic E-state index is -0.0468. The maximum Gasteiger partial charge on any atom is 0.224 e. The molecule has 1 rings (SSSR count). The molecule has 0 spiro atoms. The summed E-state index contributed by atoms with van der Waals surface area (Å²) in [6.45, 7) is 2.03. The van der Waals surface area contributed by atoms with Gasteiger partial charge in [0.05, 0.1) is 6.33 Å². The van der Waals surface area contributed by atoms with E-state index < -0.39 is 0 Å². The molecule has 0 radical (unpaired) electrons. The number of nitrogens with one attached hydrogen (secondary N) is 1. The highest BCUT2D eigenvalue weighted by molar-refractivity contribution is 5.90. The van der Waals surface area contributed by atoms with Crippen LogP contribution >= 0.6 is 0 Å². The number of nitrogens with two attached hydrogens (primary N) is 1. The van der Waals surface area contributed by atoms with Crippen molar-refractivity contribution < 1.29 is 13.9 Å². The quantitative estimate of drug-likeness (QED) is 0.816. The van der Waals surface area contributed by atoms with E-state index in [1.807, 2.05) is 0 Å².